The number of carbonyl (C=O) groups is 1. The second-order valence-corrected chi connectivity index (χ2v) is 5.51. The van der Waals surface area contributed by atoms with Gasteiger partial charge < -0.3 is 19.0 Å². The fourth-order valence-corrected chi connectivity index (χ4v) is 2.56. The van der Waals surface area contributed by atoms with Crippen molar-refractivity contribution in [2.45, 2.75) is 0 Å². The third kappa shape index (κ3) is 3.62. The zero-order valence-electron chi connectivity index (χ0n) is 14.4. The SMILES string of the molecule is COc1ccc(-c2cc(C(=O)/C=C/c3ccco3)ccc2O)cc1OC. The van der Waals surface area contributed by atoms with E-state index in [0.717, 1.165) is 0 Å². The zero-order valence-corrected chi connectivity index (χ0v) is 14.4. The number of hydrogen-bond donors (Lipinski definition) is 1. The lowest BCUT2D eigenvalue weighted by molar-refractivity contribution is 0.104. The summed E-state index contributed by atoms with van der Waals surface area (Å²) in [6, 6.07) is 13.5. The number of aromatic hydroxyl groups is 1. The van der Waals surface area contributed by atoms with Gasteiger partial charge in [0, 0.05) is 11.1 Å². The van der Waals surface area contributed by atoms with Crippen LogP contribution < -0.4 is 9.47 Å². The Morgan fingerprint density at radius 2 is 1.85 bits per heavy atom. The molecule has 2 aromatic carbocycles. The van der Waals surface area contributed by atoms with Crippen molar-refractivity contribution in [3.63, 3.8) is 0 Å². The van der Waals surface area contributed by atoms with Crippen LogP contribution in [-0.2, 0) is 0 Å². The van der Waals surface area contributed by atoms with Crippen LogP contribution >= 0.6 is 0 Å². The van der Waals surface area contributed by atoms with Gasteiger partial charge in [-0.05, 0) is 60.2 Å². The van der Waals surface area contributed by atoms with Crippen molar-refractivity contribution < 1.29 is 23.8 Å². The minimum absolute atomic E-state index is 0.0729. The second kappa shape index (κ2) is 7.61. The molecule has 26 heavy (non-hydrogen) atoms. The second-order valence-electron chi connectivity index (χ2n) is 5.51. The van der Waals surface area contributed by atoms with Crippen molar-refractivity contribution in [2.75, 3.05) is 14.2 Å². The van der Waals surface area contributed by atoms with Crippen LogP contribution in [0.25, 0.3) is 17.2 Å². The molecular formula is C21H18O5. The molecule has 0 bridgehead atoms. The van der Waals surface area contributed by atoms with Crippen LogP contribution in [0.4, 0.5) is 0 Å². The van der Waals surface area contributed by atoms with Gasteiger partial charge in [0.1, 0.15) is 11.5 Å². The Balaban J connectivity index is 1.94. The van der Waals surface area contributed by atoms with Crippen LogP contribution in [0.15, 0.2) is 65.3 Å². The number of phenolic OH excluding ortho intramolecular Hbond substituents is 1. The number of rotatable bonds is 6. The lowest BCUT2D eigenvalue weighted by atomic mass is 9.99. The normalized spacial score (nSPS) is 10.8. The molecule has 0 amide bonds. The summed E-state index contributed by atoms with van der Waals surface area (Å²) in [5.41, 5.74) is 1.70. The van der Waals surface area contributed by atoms with E-state index in [4.69, 9.17) is 13.9 Å². The first kappa shape index (κ1) is 17.4. The lowest BCUT2D eigenvalue weighted by Crippen LogP contribution is -1.95. The highest BCUT2D eigenvalue weighted by atomic mass is 16.5. The summed E-state index contributed by atoms with van der Waals surface area (Å²) < 4.78 is 15.7. The number of carbonyl (C=O) groups excluding carboxylic acids is 1. The molecule has 0 saturated carbocycles. The topological polar surface area (TPSA) is 68.9 Å². The molecule has 1 heterocycles. The van der Waals surface area contributed by atoms with E-state index >= 15 is 0 Å². The lowest BCUT2D eigenvalue weighted by Gasteiger charge is -2.11. The van der Waals surface area contributed by atoms with Crippen molar-refractivity contribution in [2.24, 2.45) is 0 Å². The molecule has 0 radical (unpaired) electrons. The molecule has 0 spiro atoms. The molecule has 132 valence electrons. The first-order valence-electron chi connectivity index (χ1n) is 7.93. The minimum atomic E-state index is -0.192. The number of ketones is 1. The molecule has 3 rings (SSSR count). The van der Waals surface area contributed by atoms with E-state index in [1.807, 2.05) is 0 Å². The highest BCUT2D eigenvalue weighted by Gasteiger charge is 2.12. The van der Waals surface area contributed by atoms with Crippen molar-refractivity contribution in [3.8, 4) is 28.4 Å². The van der Waals surface area contributed by atoms with E-state index < -0.39 is 0 Å². The molecule has 0 unspecified atom stereocenters. The molecule has 0 saturated heterocycles. The number of methoxy groups -OCH3 is 2. The molecule has 5 nitrogen and oxygen atoms in total. The molecule has 1 N–H and O–H groups in total. The van der Waals surface area contributed by atoms with Gasteiger partial charge in [-0.15, -0.1) is 0 Å². The molecule has 0 aliphatic carbocycles. The van der Waals surface area contributed by atoms with Gasteiger partial charge in [0.2, 0.25) is 0 Å². The van der Waals surface area contributed by atoms with Gasteiger partial charge in [0.05, 0.1) is 20.5 Å². The van der Waals surface area contributed by atoms with Crippen molar-refractivity contribution in [1.82, 2.24) is 0 Å². The average molecular weight is 350 g/mol. The number of ether oxygens (including phenoxy) is 2. The van der Waals surface area contributed by atoms with E-state index in [-0.39, 0.29) is 11.5 Å². The molecule has 0 aliphatic rings. The summed E-state index contributed by atoms with van der Waals surface area (Å²) in [5.74, 6) is 1.60. The van der Waals surface area contributed by atoms with Crippen LogP contribution in [0.2, 0.25) is 0 Å². The van der Waals surface area contributed by atoms with Crippen LogP contribution in [0, 0.1) is 0 Å². The number of hydrogen-bond acceptors (Lipinski definition) is 5. The summed E-state index contributed by atoms with van der Waals surface area (Å²) in [4.78, 5) is 12.4. The van der Waals surface area contributed by atoms with E-state index in [2.05, 4.69) is 0 Å². The Hall–Kier alpha value is -3.47. The van der Waals surface area contributed by atoms with Gasteiger partial charge in [-0.1, -0.05) is 6.07 Å². The Morgan fingerprint density at radius 3 is 2.54 bits per heavy atom. The summed E-state index contributed by atoms with van der Waals surface area (Å²) in [7, 11) is 3.10. The first-order valence-corrected chi connectivity index (χ1v) is 7.93. The molecule has 1 aromatic heterocycles. The fourth-order valence-electron chi connectivity index (χ4n) is 2.56. The summed E-state index contributed by atoms with van der Waals surface area (Å²) in [6.45, 7) is 0. The van der Waals surface area contributed by atoms with Crippen molar-refractivity contribution >= 4 is 11.9 Å². The number of allylic oxidation sites excluding steroid dienone is 1. The third-order valence-electron chi connectivity index (χ3n) is 3.92. The van der Waals surface area contributed by atoms with Crippen LogP contribution in [0.1, 0.15) is 16.1 Å². The minimum Gasteiger partial charge on any atom is -0.507 e. The van der Waals surface area contributed by atoms with Crippen LogP contribution in [0.5, 0.6) is 17.2 Å². The smallest absolute Gasteiger partial charge is 0.185 e. The predicted molar refractivity (Wildman–Crippen MR) is 98.7 cm³/mol. The Bertz CT molecular complexity index is 939. The molecule has 0 fully saturated rings. The van der Waals surface area contributed by atoms with E-state index in [1.165, 1.54) is 12.1 Å². The summed E-state index contributed by atoms with van der Waals surface area (Å²) in [6.07, 6.45) is 4.58. The highest BCUT2D eigenvalue weighted by molar-refractivity contribution is 6.07. The van der Waals surface area contributed by atoms with Gasteiger partial charge in [-0.2, -0.15) is 0 Å². The largest absolute Gasteiger partial charge is 0.507 e. The average Bonchev–Trinajstić information content (AvgIpc) is 3.19. The van der Waals surface area contributed by atoms with Gasteiger partial charge in [-0.25, -0.2) is 0 Å². The van der Waals surface area contributed by atoms with Gasteiger partial charge in [0.25, 0.3) is 0 Å². The summed E-state index contributed by atoms with van der Waals surface area (Å²) >= 11 is 0. The maximum absolute atomic E-state index is 12.4. The predicted octanol–water partition coefficient (Wildman–Crippen LogP) is 4.57. The zero-order chi connectivity index (χ0) is 18.5. The number of furan rings is 1. The molecule has 3 aromatic rings. The third-order valence-corrected chi connectivity index (χ3v) is 3.92. The molecular weight excluding hydrogens is 332 g/mol. The summed E-state index contributed by atoms with van der Waals surface area (Å²) in [5, 5.41) is 10.2. The molecule has 5 heteroatoms. The Kier molecular flexibility index (Phi) is 5.08. The first-order chi connectivity index (χ1) is 12.6. The maximum Gasteiger partial charge on any atom is 0.185 e. The van der Waals surface area contributed by atoms with Crippen molar-refractivity contribution in [3.05, 3.63) is 72.2 Å². The maximum atomic E-state index is 12.4. The van der Waals surface area contributed by atoms with Gasteiger partial charge in [0.15, 0.2) is 17.3 Å². The highest BCUT2D eigenvalue weighted by Crippen LogP contribution is 2.36. The standard InChI is InChI=1S/C21H18O5/c1-24-20-10-6-14(13-21(20)25-2)17-12-15(5-8-19(17)23)18(22)9-7-16-4-3-11-26-16/h3-13,23H,1-2H3/b9-7+. The quantitative estimate of drug-likeness (QED) is 0.521. The molecule has 0 atom stereocenters. The molecule has 0 aliphatic heterocycles. The Morgan fingerprint density at radius 1 is 1.04 bits per heavy atom. The Labute approximate surface area is 151 Å². The van der Waals surface area contributed by atoms with E-state index in [0.29, 0.717) is 33.9 Å². The van der Waals surface area contributed by atoms with Gasteiger partial charge in [-0.3, -0.25) is 4.79 Å². The van der Waals surface area contributed by atoms with Crippen LogP contribution in [-0.4, -0.2) is 25.1 Å². The fraction of sp³-hybridized carbons (Fsp3) is 0.0952. The number of benzene rings is 2. The number of phenols is 1. The van der Waals surface area contributed by atoms with Crippen molar-refractivity contribution in [1.29, 1.82) is 0 Å². The van der Waals surface area contributed by atoms with E-state index in [1.54, 1.807) is 69.0 Å². The van der Waals surface area contributed by atoms with Gasteiger partial charge >= 0.3 is 0 Å². The monoisotopic (exact) mass is 350 g/mol. The van der Waals surface area contributed by atoms with Crippen LogP contribution in [0.3, 0.4) is 0 Å². The van der Waals surface area contributed by atoms with E-state index in [9.17, 15) is 9.90 Å².